The lowest BCUT2D eigenvalue weighted by Gasteiger charge is -2.14. The molecule has 1 saturated carbocycles. The molecule has 3 rings (SSSR count). The summed E-state index contributed by atoms with van der Waals surface area (Å²) in [6.07, 6.45) is 7.59. The fraction of sp³-hybridized carbons (Fsp3) is 0.368. The van der Waals surface area contributed by atoms with Crippen LogP contribution < -0.4 is 4.74 Å². The number of carbonyl (C=O) groups excluding carboxylic acids is 2. The first kappa shape index (κ1) is 15.5. The molecule has 0 saturated heterocycles. The predicted octanol–water partition coefficient (Wildman–Crippen LogP) is 4.16. The highest BCUT2D eigenvalue weighted by Crippen LogP contribution is 2.34. The Labute approximate surface area is 135 Å². The van der Waals surface area contributed by atoms with Gasteiger partial charge in [0, 0.05) is 12.0 Å². The Hall–Kier alpha value is -2.36. The monoisotopic (exact) mass is 312 g/mol. The summed E-state index contributed by atoms with van der Waals surface area (Å²) in [5.41, 5.74) is 2.65. The van der Waals surface area contributed by atoms with Crippen LogP contribution >= 0.6 is 0 Å². The second-order valence-corrected chi connectivity index (χ2v) is 5.83. The summed E-state index contributed by atoms with van der Waals surface area (Å²) in [5, 5.41) is 0. The van der Waals surface area contributed by atoms with Crippen LogP contribution in [-0.4, -0.2) is 11.9 Å². The van der Waals surface area contributed by atoms with E-state index in [0.29, 0.717) is 23.5 Å². The maximum absolute atomic E-state index is 12.1. The number of allylic oxidation sites excluding steroid dienone is 1. The number of benzene rings is 1. The lowest BCUT2D eigenvalue weighted by molar-refractivity contribution is -0.134. The van der Waals surface area contributed by atoms with Crippen molar-refractivity contribution < 1.29 is 19.1 Å². The molecule has 1 aromatic carbocycles. The number of hydrogen-bond donors (Lipinski definition) is 0. The first-order valence-corrected chi connectivity index (χ1v) is 8.14. The summed E-state index contributed by atoms with van der Waals surface area (Å²) >= 11 is 0. The van der Waals surface area contributed by atoms with Crippen molar-refractivity contribution in [1.82, 2.24) is 0 Å². The average Bonchev–Trinajstić information content (AvgIpc) is 2.98. The number of carbonyl (C=O) groups is 2. The van der Waals surface area contributed by atoms with E-state index in [1.54, 1.807) is 25.1 Å². The van der Waals surface area contributed by atoms with E-state index in [0.717, 1.165) is 31.2 Å². The number of rotatable bonds is 3. The van der Waals surface area contributed by atoms with Gasteiger partial charge in [0.05, 0.1) is 5.57 Å². The molecule has 0 N–H and O–H groups in total. The maximum Gasteiger partial charge on any atom is 0.343 e. The molecule has 0 aromatic heterocycles. The van der Waals surface area contributed by atoms with Crippen LogP contribution in [-0.2, 0) is 14.3 Å². The molecule has 4 nitrogen and oxygen atoms in total. The van der Waals surface area contributed by atoms with E-state index in [1.807, 2.05) is 12.1 Å². The SMILES string of the molecule is CCC(=O)Oc1cccc(C2=CC(=C3CCCCC3)C(=O)O2)c1. The van der Waals surface area contributed by atoms with Crippen LogP contribution in [0.2, 0.25) is 0 Å². The third-order valence-electron chi connectivity index (χ3n) is 4.17. The summed E-state index contributed by atoms with van der Waals surface area (Å²) in [6, 6.07) is 7.07. The van der Waals surface area contributed by atoms with Crippen LogP contribution in [0, 0.1) is 0 Å². The molecule has 23 heavy (non-hydrogen) atoms. The third-order valence-corrected chi connectivity index (χ3v) is 4.17. The maximum atomic E-state index is 12.1. The number of cyclic esters (lactones) is 1. The van der Waals surface area contributed by atoms with Crippen LogP contribution in [0.25, 0.3) is 5.76 Å². The van der Waals surface area contributed by atoms with Crippen LogP contribution in [0.4, 0.5) is 0 Å². The van der Waals surface area contributed by atoms with Gasteiger partial charge in [-0.05, 0) is 43.9 Å². The van der Waals surface area contributed by atoms with E-state index >= 15 is 0 Å². The normalized spacial score (nSPS) is 17.8. The van der Waals surface area contributed by atoms with E-state index in [9.17, 15) is 9.59 Å². The Kier molecular flexibility index (Phi) is 4.60. The van der Waals surface area contributed by atoms with Gasteiger partial charge in [-0.2, -0.15) is 0 Å². The zero-order valence-electron chi connectivity index (χ0n) is 13.3. The molecule has 2 aliphatic rings. The molecule has 120 valence electrons. The van der Waals surface area contributed by atoms with Crippen molar-refractivity contribution in [3.8, 4) is 5.75 Å². The zero-order valence-corrected chi connectivity index (χ0v) is 13.3. The standard InChI is InChI=1S/C19H20O4/c1-2-18(20)22-15-10-6-9-14(11-15)17-12-16(19(21)23-17)13-7-4-3-5-8-13/h6,9-12H,2-5,7-8H2,1H3. The van der Waals surface area contributed by atoms with Gasteiger partial charge < -0.3 is 9.47 Å². The summed E-state index contributed by atoms with van der Waals surface area (Å²) in [6.45, 7) is 1.75. The van der Waals surface area contributed by atoms with Crippen molar-refractivity contribution in [2.24, 2.45) is 0 Å². The largest absolute Gasteiger partial charge is 0.427 e. The summed E-state index contributed by atoms with van der Waals surface area (Å²) in [4.78, 5) is 23.5. The topological polar surface area (TPSA) is 52.6 Å². The van der Waals surface area contributed by atoms with Gasteiger partial charge in [-0.15, -0.1) is 0 Å². The second-order valence-electron chi connectivity index (χ2n) is 5.83. The Balaban J connectivity index is 1.86. The Morgan fingerprint density at radius 3 is 2.74 bits per heavy atom. The van der Waals surface area contributed by atoms with Gasteiger partial charge in [0.25, 0.3) is 0 Å². The fourth-order valence-corrected chi connectivity index (χ4v) is 2.93. The Morgan fingerprint density at radius 2 is 2.00 bits per heavy atom. The van der Waals surface area contributed by atoms with Gasteiger partial charge in [0.15, 0.2) is 0 Å². The lowest BCUT2D eigenvalue weighted by atomic mass is 9.91. The van der Waals surface area contributed by atoms with Crippen molar-refractivity contribution in [3.63, 3.8) is 0 Å². The average molecular weight is 312 g/mol. The molecule has 0 unspecified atom stereocenters. The molecule has 1 aliphatic heterocycles. The smallest absolute Gasteiger partial charge is 0.343 e. The van der Waals surface area contributed by atoms with Crippen LogP contribution in [0.15, 0.2) is 41.5 Å². The van der Waals surface area contributed by atoms with Gasteiger partial charge in [-0.25, -0.2) is 4.79 Å². The molecule has 0 bridgehead atoms. The quantitative estimate of drug-likeness (QED) is 0.478. The minimum absolute atomic E-state index is 0.271. The molecule has 0 radical (unpaired) electrons. The van der Waals surface area contributed by atoms with Gasteiger partial charge in [0.1, 0.15) is 11.5 Å². The number of ether oxygens (including phenoxy) is 2. The van der Waals surface area contributed by atoms with E-state index < -0.39 is 0 Å². The Morgan fingerprint density at radius 1 is 1.22 bits per heavy atom. The minimum atomic E-state index is -0.287. The number of esters is 2. The number of hydrogen-bond acceptors (Lipinski definition) is 4. The molecular formula is C19H20O4. The van der Waals surface area contributed by atoms with E-state index in [2.05, 4.69) is 0 Å². The third kappa shape index (κ3) is 3.52. The Bertz CT molecular complexity index is 689. The summed E-state index contributed by atoms with van der Waals surface area (Å²) < 4.78 is 10.6. The summed E-state index contributed by atoms with van der Waals surface area (Å²) in [7, 11) is 0. The molecule has 0 spiro atoms. The highest BCUT2D eigenvalue weighted by atomic mass is 16.5. The minimum Gasteiger partial charge on any atom is -0.427 e. The van der Waals surface area contributed by atoms with Crippen LogP contribution in [0.3, 0.4) is 0 Å². The molecule has 1 fully saturated rings. The van der Waals surface area contributed by atoms with Crippen molar-refractivity contribution in [2.75, 3.05) is 0 Å². The van der Waals surface area contributed by atoms with Gasteiger partial charge >= 0.3 is 11.9 Å². The zero-order chi connectivity index (χ0) is 16.2. The molecule has 0 amide bonds. The second kappa shape index (κ2) is 6.82. The summed E-state index contributed by atoms with van der Waals surface area (Å²) in [5.74, 6) is 0.431. The van der Waals surface area contributed by atoms with Gasteiger partial charge in [-0.3, -0.25) is 4.79 Å². The first-order valence-electron chi connectivity index (χ1n) is 8.14. The molecule has 0 atom stereocenters. The first-order chi connectivity index (χ1) is 11.2. The van der Waals surface area contributed by atoms with Crippen LogP contribution in [0.5, 0.6) is 5.75 Å². The van der Waals surface area contributed by atoms with Crippen molar-refractivity contribution in [3.05, 3.63) is 47.1 Å². The molecule has 4 heteroatoms. The molecular weight excluding hydrogens is 292 g/mol. The lowest BCUT2D eigenvalue weighted by Crippen LogP contribution is -2.05. The molecule has 1 aromatic rings. The van der Waals surface area contributed by atoms with Crippen LogP contribution in [0.1, 0.15) is 51.0 Å². The van der Waals surface area contributed by atoms with Crippen molar-refractivity contribution >= 4 is 17.7 Å². The van der Waals surface area contributed by atoms with E-state index in [-0.39, 0.29) is 11.9 Å². The van der Waals surface area contributed by atoms with Crippen molar-refractivity contribution in [1.29, 1.82) is 0 Å². The van der Waals surface area contributed by atoms with E-state index in [1.165, 1.54) is 12.0 Å². The van der Waals surface area contributed by atoms with Gasteiger partial charge in [-0.1, -0.05) is 31.1 Å². The molecule has 1 heterocycles. The highest BCUT2D eigenvalue weighted by molar-refractivity contribution is 6.02. The highest BCUT2D eigenvalue weighted by Gasteiger charge is 2.26. The molecule has 1 aliphatic carbocycles. The van der Waals surface area contributed by atoms with Crippen molar-refractivity contribution in [2.45, 2.75) is 45.4 Å². The predicted molar refractivity (Wildman–Crippen MR) is 86.5 cm³/mol. The fourth-order valence-electron chi connectivity index (χ4n) is 2.93. The van der Waals surface area contributed by atoms with E-state index in [4.69, 9.17) is 9.47 Å². The van der Waals surface area contributed by atoms with Gasteiger partial charge in [0.2, 0.25) is 0 Å².